The van der Waals surface area contributed by atoms with Gasteiger partial charge in [-0.15, -0.1) is 0 Å². The predicted octanol–water partition coefficient (Wildman–Crippen LogP) is 2.44. The summed E-state index contributed by atoms with van der Waals surface area (Å²) in [6.45, 7) is 0.282. The van der Waals surface area contributed by atoms with Crippen LogP contribution in [0.3, 0.4) is 0 Å². The fraction of sp³-hybridized carbons (Fsp3) is 0.235. The Kier molecular flexibility index (Phi) is 6.59. The minimum Gasteiger partial charge on any atom is -0.507 e. The molecule has 10 heteroatoms. The number of non-ortho nitro benzene ring substituents is 1. The first-order valence-electron chi connectivity index (χ1n) is 7.76. The molecule has 2 aromatic rings. The molecule has 0 aliphatic heterocycles. The average Bonchev–Trinajstić information content (AvgIpc) is 2.62. The summed E-state index contributed by atoms with van der Waals surface area (Å²) in [5, 5.41) is 20.9. The third-order valence-electron chi connectivity index (χ3n) is 3.60. The first-order chi connectivity index (χ1) is 12.8. The van der Waals surface area contributed by atoms with Crippen molar-refractivity contribution in [1.29, 1.82) is 0 Å². The number of benzene rings is 2. The quantitative estimate of drug-likeness (QED) is 0.417. The van der Waals surface area contributed by atoms with Gasteiger partial charge in [-0.2, -0.15) is 0 Å². The number of phenolic OH excluding ortho intramolecular Hbond substituents is 1. The van der Waals surface area contributed by atoms with Crippen LogP contribution in [0.2, 0.25) is 0 Å². The second kappa shape index (κ2) is 8.69. The van der Waals surface area contributed by atoms with E-state index in [0.29, 0.717) is 5.56 Å². The van der Waals surface area contributed by atoms with E-state index in [-0.39, 0.29) is 27.9 Å². The highest BCUT2D eigenvalue weighted by atomic mass is 32.2. The normalized spacial score (nSPS) is 13.0. The number of hydrogen-bond acceptors (Lipinski definition) is 7. The van der Waals surface area contributed by atoms with Crippen LogP contribution in [0.1, 0.15) is 22.8 Å². The lowest BCUT2D eigenvalue weighted by Gasteiger charge is -2.16. The molecule has 8 nitrogen and oxygen atoms in total. The van der Waals surface area contributed by atoms with E-state index in [1.165, 1.54) is 36.4 Å². The van der Waals surface area contributed by atoms with E-state index in [9.17, 15) is 28.6 Å². The maximum Gasteiger partial charge on any atom is 0.345 e. The second-order valence-corrected chi connectivity index (χ2v) is 7.11. The van der Waals surface area contributed by atoms with Crippen LogP contribution in [0.15, 0.2) is 46.2 Å². The topological polar surface area (TPSA) is 133 Å². The van der Waals surface area contributed by atoms with Gasteiger partial charge >= 0.3 is 5.97 Å². The number of carbonyl (C=O) groups is 1. The van der Waals surface area contributed by atoms with Crippen LogP contribution in [0.5, 0.6) is 5.75 Å². The second-order valence-electron chi connectivity index (χ2n) is 5.69. The number of nitro benzene ring substituents is 1. The molecule has 0 radical (unpaired) electrons. The number of carbonyl (C=O) groups excluding carboxylic acids is 1. The zero-order valence-corrected chi connectivity index (χ0v) is 15.1. The lowest BCUT2D eigenvalue weighted by molar-refractivity contribution is -0.384. The Bertz CT molecular complexity index is 886. The molecule has 0 spiro atoms. The zero-order chi connectivity index (χ0) is 20.1. The summed E-state index contributed by atoms with van der Waals surface area (Å²) >= 11 is 0. The summed E-state index contributed by atoms with van der Waals surface area (Å²) in [6.07, 6.45) is 0.226. The number of halogens is 1. The molecule has 0 saturated carbocycles. The summed E-state index contributed by atoms with van der Waals surface area (Å²) in [7, 11) is -2.00. The number of nitrogens with two attached hydrogens (primary N) is 1. The van der Waals surface area contributed by atoms with Crippen LogP contribution in [-0.4, -0.2) is 33.1 Å². The standard InChI is InChI=1S/C17H17FN2O6S/c1-10(19)8-11-2-7-14(21)15(17(22)26-9-18)16(11)27(25)13-5-3-12(4-6-13)20(23)24/h2-7,10,21H,8-9,19H2,1H3/t10-,27?/m1/s1. The van der Waals surface area contributed by atoms with E-state index in [0.717, 1.165) is 0 Å². The summed E-state index contributed by atoms with van der Waals surface area (Å²) in [5.41, 5.74) is 5.58. The number of nitro groups is 1. The SMILES string of the molecule is C[C@@H](N)Cc1ccc(O)c(C(=O)OCF)c1S(=O)c1ccc([N+](=O)[O-])cc1. The number of hydrogen-bond donors (Lipinski definition) is 2. The maximum atomic E-state index is 13.1. The van der Waals surface area contributed by atoms with E-state index in [2.05, 4.69) is 4.74 Å². The van der Waals surface area contributed by atoms with Crippen molar-refractivity contribution in [2.75, 3.05) is 6.86 Å². The monoisotopic (exact) mass is 396 g/mol. The largest absolute Gasteiger partial charge is 0.507 e. The Morgan fingerprint density at radius 3 is 2.48 bits per heavy atom. The number of alkyl halides is 1. The third kappa shape index (κ3) is 4.66. The van der Waals surface area contributed by atoms with Crippen molar-refractivity contribution in [2.45, 2.75) is 29.2 Å². The highest BCUT2D eigenvalue weighted by Gasteiger charge is 2.26. The number of phenols is 1. The molecular weight excluding hydrogens is 379 g/mol. The van der Waals surface area contributed by atoms with Crippen LogP contribution in [-0.2, 0) is 22.0 Å². The molecular formula is C17H17FN2O6S. The number of ether oxygens (including phenoxy) is 1. The Balaban J connectivity index is 2.62. The van der Waals surface area contributed by atoms with Crippen molar-refractivity contribution in [2.24, 2.45) is 5.73 Å². The Morgan fingerprint density at radius 2 is 1.96 bits per heavy atom. The molecule has 2 aromatic carbocycles. The van der Waals surface area contributed by atoms with Gasteiger partial charge in [0.25, 0.3) is 5.69 Å². The molecule has 0 saturated heterocycles. The average molecular weight is 396 g/mol. The van der Waals surface area contributed by atoms with Crippen LogP contribution in [0, 0.1) is 10.1 Å². The van der Waals surface area contributed by atoms with Crippen LogP contribution in [0.25, 0.3) is 0 Å². The number of esters is 1. The molecule has 2 atom stereocenters. The smallest absolute Gasteiger partial charge is 0.345 e. The van der Waals surface area contributed by atoms with Crippen molar-refractivity contribution in [3.63, 3.8) is 0 Å². The Hall–Kier alpha value is -2.85. The first-order valence-corrected chi connectivity index (χ1v) is 8.91. The van der Waals surface area contributed by atoms with E-state index in [4.69, 9.17) is 5.73 Å². The Labute approximate surface area is 156 Å². The van der Waals surface area contributed by atoms with Crippen LogP contribution in [0.4, 0.5) is 10.1 Å². The molecule has 0 bridgehead atoms. The maximum absolute atomic E-state index is 13.1. The molecule has 1 unspecified atom stereocenters. The summed E-state index contributed by atoms with van der Waals surface area (Å²) in [4.78, 5) is 22.4. The molecule has 144 valence electrons. The van der Waals surface area contributed by atoms with E-state index >= 15 is 0 Å². The van der Waals surface area contributed by atoms with Gasteiger partial charge in [-0.1, -0.05) is 6.07 Å². The van der Waals surface area contributed by atoms with Gasteiger partial charge in [-0.3, -0.25) is 10.1 Å². The highest BCUT2D eigenvalue weighted by Crippen LogP contribution is 2.32. The van der Waals surface area contributed by atoms with Crippen molar-refractivity contribution in [1.82, 2.24) is 0 Å². The van der Waals surface area contributed by atoms with E-state index in [1.807, 2.05) is 0 Å². The van der Waals surface area contributed by atoms with Gasteiger partial charge in [-0.25, -0.2) is 13.4 Å². The Morgan fingerprint density at radius 1 is 1.33 bits per heavy atom. The molecule has 0 aliphatic rings. The third-order valence-corrected chi connectivity index (χ3v) is 5.13. The number of rotatable bonds is 7. The van der Waals surface area contributed by atoms with Crippen molar-refractivity contribution >= 4 is 22.5 Å². The van der Waals surface area contributed by atoms with E-state index < -0.39 is 39.9 Å². The molecule has 0 fully saturated rings. The molecule has 0 amide bonds. The summed E-state index contributed by atoms with van der Waals surface area (Å²) in [6, 6.07) is 7.21. The van der Waals surface area contributed by atoms with Crippen LogP contribution < -0.4 is 5.73 Å². The molecule has 0 aliphatic carbocycles. The van der Waals surface area contributed by atoms with Gasteiger partial charge in [0.1, 0.15) is 11.3 Å². The molecule has 27 heavy (non-hydrogen) atoms. The number of nitrogens with zero attached hydrogens (tertiary/aromatic N) is 1. The lowest BCUT2D eigenvalue weighted by Crippen LogP contribution is -2.20. The van der Waals surface area contributed by atoms with Gasteiger partial charge in [0.2, 0.25) is 6.86 Å². The van der Waals surface area contributed by atoms with Gasteiger partial charge in [0, 0.05) is 23.1 Å². The lowest BCUT2D eigenvalue weighted by atomic mass is 10.0. The molecule has 0 aromatic heterocycles. The van der Waals surface area contributed by atoms with Gasteiger partial charge in [-0.05, 0) is 37.1 Å². The first kappa shape index (κ1) is 20.5. The van der Waals surface area contributed by atoms with E-state index in [1.54, 1.807) is 6.92 Å². The van der Waals surface area contributed by atoms with Gasteiger partial charge < -0.3 is 15.6 Å². The van der Waals surface area contributed by atoms with Crippen LogP contribution >= 0.6 is 0 Å². The molecule has 3 N–H and O–H groups in total. The number of aromatic hydroxyl groups is 1. The predicted molar refractivity (Wildman–Crippen MR) is 94.6 cm³/mol. The van der Waals surface area contributed by atoms with Crippen molar-refractivity contribution in [3.05, 3.63) is 57.6 Å². The zero-order valence-electron chi connectivity index (χ0n) is 14.3. The minimum absolute atomic E-state index is 0.0698. The minimum atomic E-state index is -2.00. The highest BCUT2D eigenvalue weighted by molar-refractivity contribution is 7.85. The fourth-order valence-electron chi connectivity index (χ4n) is 2.46. The molecule has 2 rings (SSSR count). The fourth-order valence-corrected chi connectivity index (χ4v) is 3.84. The molecule has 0 heterocycles. The van der Waals surface area contributed by atoms with Crippen molar-refractivity contribution < 1.29 is 28.2 Å². The van der Waals surface area contributed by atoms with Gasteiger partial charge in [0.15, 0.2) is 0 Å². The summed E-state index contributed by atoms with van der Waals surface area (Å²) in [5.74, 6) is -1.70. The summed E-state index contributed by atoms with van der Waals surface area (Å²) < 4.78 is 29.9. The van der Waals surface area contributed by atoms with Gasteiger partial charge in [0.05, 0.1) is 20.6 Å². The van der Waals surface area contributed by atoms with Crippen molar-refractivity contribution in [3.8, 4) is 5.75 Å².